The molecular formula is C33H40N4O2. The van der Waals surface area contributed by atoms with Gasteiger partial charge in [-0.3, -0.25) is 4.79 Å². The standard InChI is InChI=1S/C33H40N4O2/c1-33(2,3)30(37(21-20-28(34)24-39-4)32(38)27-18-12-7-13-19-27)31-35-29(26-16-10-6-11-17-26)23-36(31)22-25-14-8-5-9-15-25/h5-19,23,28,30H,20-22,24,34H2,1-4H3/t28-,30-/m0/s1. The van der Waals surface area contributed by atoms with Crippen LogP contribution in [0.4, 0.5) is 0 Å². The molecule has 2 N–H and O–H groups in total. The Labute approximate surface area is 232 Å². The van der Waals surface area contributed by atoms with E-state index in [4.69, 9.17) is 15.5 Å². The molecule has 0 aliphatic carbocycles. The lowest BCUT2D eigenvalue weighted by Crippen LogP contribution is -2.44. The maximum atomic E-state index is 14.1. The first-order chi connectivity index (χ1) is 18.8. The molecule has 0 aliphatic heterocycles. The lowest BCUT2D eigenvalue weighted by Gasteiger charge is -2.40. The van der Waals surface area contributed by atoms with Gasteiger partial charge in [-0.25, -0.2) is 4.98 Å². The van der Waals surface area contributed by atoms with Gasteiger partial charge in [0.15, 0.2) is 0 Å². The van der Waals surface area contributed by atoms with Gasteiger partial charge >= 0.3 is 0 Å². The Morgan fingerprint density at radius 2 is 1.54 bits per heavy atom. The maximum absolute atomic E-state index is 14.1. The molecule has 0 unspecified atom stereocenters. The summed E-state index contributed by atoms with van der Waals surface area (Å²) in [5.74, 6) is 0.825. The Balaban J connectivity index is 1.84. The van der Waals surface area contributed by atoms with Gasteiger partial charge in [0.05, 0.1) is 18.3 Å². The van der Waals surface area contributed by atoms with Crippen molar-refractivity contribution < 1.29 is 9.53 Å². The van der Waals surface area contributed by atoms with Crippen LogP contribution in [-0.2, 0) is 11.3 Å². The van der Waals surface area contributed by atoms with Crippen LogP contribution in [0.3, 0.4) is 0 Å². The quantitative estimate of drug-likeness (QED) is 0.254. The zero-order chi connectivity index (χ0) is 27.8. The number of carbonyl (C=O) groups excluding carboxylic acids is 1. The zero-order valence-electron chi connectivity index (χ0n) is 23.5. The first-order valence-electron chi connectivity index (χ1n) is 13.5. The van der Waals surface area contributed by atoms with Gasteiger partial charge < -0.3 is 19.9 Å². The van der Waals surface area contributed by atoms with Crippen LogP contribution in [0.25, 0.3) is 11.3 Å². The molecule has 0 spiro atoms. The minimum Gasteiger partial charge on any atom is -0.383 e. The van der Waals surface area contributed by atoms with Gasteiger partial charge in [-0.15, -0.1) is 0 Å². The average Bonchev–Trinajstić information content (AvgIpc) is 3.34. The van der Waals surface area contributed by atoms with Crippen LogP contribution in [0.1, 0.15) is 55.0 Å². The lowest BCUT2D eigenvalue weighted by atomic mass is 9.84. The van der Waals surface area contributed by atoms with Crippen LogP contribution >= 0.6 is 0 Å². The number of imidazole rings is 1. The molecule has 2 atom stereocenters. The Bertz CT molecular complexity index is 1310. The third kappa shape index (κ3) is 7.22. The highest BCUT2D eigenvalue weighted by molar-refractivity contribution is 5.94. The molecule has 4 rings (SSSR count). The molecule has 3 aromatic carbocycles. The summed E-state index contributed by atoms with van der Waals surface area (Å²) in [6, 6.07) is 29.5. The Morgan fingerprint density at radius 3 is 2.13 bits per heavy atom. The predicted octanol–water partition coefficient (Wildman–Crippen LogP) is 6.19. The van der Waals surface area contributed by atoms with Crippen molar-refractivity contribution in [3.8, 4) is 11.3 Å². The van der Waals surface area contributed by atoms with E-state index < -0.39 is 0 Å². The Hall–Kier alpha value is -3.74. The van der Waals surface area contributed by atoms with Gasteiger partial charge in [-0.1, -0.05) is 99.6 Å². The molecule has 0 saturated heterocycles. The van der Waals surface area contributed by atoms with Gasteiger partial charge in [0.2, 0.25) is 0 Å². The summed E-state index contributed by atoms with van der Waals surface area (Å²) in [5, 5.41) is 0. The molecular weight excluding hydrogens is 484 g/mol. The highest BCUT2D eigenvalue weighted by Crippen LogP contribution is 2.40. The largest absolute Gasteiger partial charge is 0.383 e. The normalized spacial score (nSPS) is 13.2. The second-order valence-corrected chi connectivity index (χ2v) is 11.1. The highest BCUT2D eigenvalue weighted by atomic mass is 16.5. The number of aromatic nitrogens is 2. The SMILES string of the molecule is COC[C@@H](N)CCN(C(=O)c1ccccc1)[C@@H](c1nc(-c2ccccc2)cn1Cc1ccccc1)C(C)(C)C. The Morgan fingerprint density at radius 1 is 0.949 bits per heavy atom. The van der Waals surface area contributed by atoms with E-state index in [1.165, 1.54) is 5.56 Å². The van der Waals surface area contributed by atoms with Crippen molar-refractivity contribution in [2.75, 3.05) is 20.3 Å². The van der Waals surface area contributed by atoms with E-state index in [-0.39, 0.29) is 23.4 Å². The monoisotopic (exact) mass is 524 g/mol. The molecule has 1 aromatic heterocycles. The van der Waals surface area contributed by atoms with E-state index in [0.29, 0.717) is 31.7 Å². The number of methoxy groups -OCH3 is 1. The van der Waals surface area contributed by atoms with Crippen molar-refractivity contribution in [2.45, 2.75) is 45.8 Å². The van der Waals surface area contributed by atoms with E-state index in [0.717, 1.165) is 17.1 Å². The molecule has 4 aromatic rings. The number of ether oxygens (including phenoxy) is 1. The molecule has 0 bridgehead atoms. The summed E-state index contributed by atoms with van der Waals surface area (Å²) >= 11 is 0. The molecule has 0 aliphatic rings. The van der Waals surface area contributed by atoms with E-state index in [1.807, 2.05) is 71.6 Å². The first kappa shape index (κ1) is 28.3. The van der Waals surface area contributed by atoms with Crippen molar-refractivity contribution in [3.05, 3.63) is 114 Å². The number of hydrogen-bond acceptors (Lipinski definition) is 4. The van der Waals surface area contributed by atoms with Gasteiger partial charge in [-0.05, 0) is 29.5 Å². The predicted molar refractivity (Wildman–Crippen MR) is 157 cm³/mol. The number of nitrogens with two attached hydrogens (primary N) is 1. The van der Waals surface area contributed by atoms with Gasteiger partial charge in [0.1, 0.15) is 5.82 Å². The van der Waals surface area contributed by atoms with Gasteiger partial charge in [0.25, 0.3) is 5.91 Å². The van der Waals surface area contributed by atoms with Crippen molar-refractivity contribution in [1.29, 1.82) is 0 Å². The van der Waals surface area contributed by atoms with Gasteiger partial charge in [0, 0.05) is 43.6 Å². The van der Waals surface area contributed by atoms with Crippen molar-refractivity contribution in [3.63, 3.8) is 0 Å². The van der Waals surface area contributed by atoms with Crippen LogP contribution in [0, 0.1) is 5.41 Å². The Kier molecular flexibility index (Phi) is 9.33. The topological polar surface area (TPSA) is 73.4 Å². The number of benzene rings is 3. The van der Waals surface area contributed by atoms with Crippen LogP contribution in [-0.4, -0.2) is 46.7 Å². The summed E-state index contributed by atoms with van der Waals surface area (Å²) < 4.78 is 7.49. The molecule has 204 valence electrons. The molecule has 0 saturated carbocycles. The second kappa shape index (κ2) is 12.9. The van der Waals surface area contributed by atoms with E-state index >= 15 is 0 Å². The third-order valence-electron chi connectivity index (χ3n) is 6.85. The van der Waals surface area contributed by atoms with E-state index in [1.54, 1.807) is 7.11 Å². The maximum Gasteiger partial charge on any atom is 0.254 e. The van der Waals surface area contributed by atoms with Crippen molar-refractivity contribution in [2.24, 2.45) is 11.1 Å². The minimum atomic E-state index is -0.316. The lowest BCUT2D eigenvalue weighted by molar-refractivity contribution is 0.0463. The summed E-state index contributed by atoms with van der Waals surface area (Å²) in [5.41, 5.74) is 9.78. The molecule has 1 heterocycles. The number of carbonyl (C=O) groups is 1. The van der Waals surface area contributed by atoms with Crippen LogP contribution in [0.5, 0.6) is 0 Å². The fraction of sp³-hybridized carbons (Fsp3) is 0.333. The third-order valence-corrected chi connectivity index (χ3v) is 6.85. The fourth-order valence-electron chi connectivity index (χ4n) is 4.99. The number of amides is 1. The number of rotatable bonds is 11. The molecule has 0 fully saturated rings. The summed E-state index contributed by atoms with van der Waals surface area (Å²) in [6.45, 7) is 8.08. The molecule has 39 heavy (non-hydrogen) atoms. The van der Waals surface area contributed by atoms with Crippen molar-refractivity contribution in [1.82, 2.24) is 14.5 Å². The summed E-state index contributed by atoms with van der Waals surface area (Å²) in [7, 11) is 1.65. The van der Waals surface area contributed by atoms with Crippen LogP contribution in [0.15, 0.2) is 97.2 Å². The summed E-state index contributed by atoms with van der Waals surface area (Å²) in [6.07, 6.45) is 2.72. The van der Waals surface area contributed by atoms with E-state index in [9.17, 15) is 4.79 Å². The van der Waals surface area contributed by atoms with Gasteiger partial charge in [-0.2, -0.15) is 0 Å². The zero-order valence-corrected chi connectivity index (χ0v) is 23.5. The minimum absolute atomic E-state index is 0.0318. The summed E-state index contributed by atoms with van der Waals surface area (Å²) in [4.78, 5) is 21.3. The molecule has 0 radical (unpaired) electrons. The average molecular weight is 525 g/mol. The second-order valence-electron chi connectivity index (χ2n) is 11.1. The highest BCUT2D eigenvalue weighted by Gasteiger charge is 2.38. The molecule has 6 nitrogen and oxygen atoms in total. The van der Waals surface area contributed by atoms with Crippen LogP contribution in [0.2, 0.25) is 0 Å². The first-order valence-corrected chi connectivity index (χ1v) is 13.5. The van der Waals surface area contributed by atoms with Crippen LogP contribution < -0.4 is 5.73 Å². The molecule has 6 heteroatoms. The number of nitrogens with zero attached hydrogens (tertiary/aromatic N) is 3. The van der Waals surface area contributed by atoms with E-state index in [2.05, 4.69) is 55.8 Å². The van der Waals surface area contributed by atoms with Crippen molar-refractivity contribution >= 4 is 5.91 Å². The molecule has 1 amide bonds. The smallest absolute Gasteiger partial charge is 0.254 e. The number of hydrogen-bond donors (Lipinski definition) is 1. The fourth-order valence-corrected chi connectivity index (χ4v) is 4.99.